The Labute approximate surface area is 174 Å². The van der Waals surface area contributed by atoms with Gasteiger partial charge < -0.3 is 10.1 Å². The summed E-state index contributed by atoms with van der Waals surface area (Å²) in [5.41, 5.74) is 1.69. The van der Waals surface area contributed by atoms with E-state index in [0.717, 1.165) is 16.0 Å². The lowest BCUT2D eigenvalue weighted by atomic mass is 9.81. The first-order valence-electron chi connectivity index (χ1n) is 9.53. The van der Waals surface area contributed by atoms with Crippen LogP contribution in [0.5, 0.6) is 0 Å². The van der Waals surface area contributed by atoms with Crippen molar-refractivity contribution in [3.8, 4) is 0 Å². The number of imide groups is 2. The van der Waals surface area contributed by atoms with Crippen molar-refractivity contribution in [2.45, 2.75) is 26.3 Å². The van der Waals surface area contributed by atoms with Crippen molar-refractivity contribution in [1.29, 1.82) is 0 Å². The van der Waals surface area contributed by atoms with Crippen LogP contribution in [0.1, 0.15) is 29.2 Å². The molecule has 0 saturated carbocycles. The summed E-state index contributed by atoms with van der Waals surface area (Å²) < 4.78 is 4.66. The van der Waals surface area contributed by atoms with Crippen molar-refractivity contribution < 1.29 is 23.9 Å². The Morgan fingerprint density at radius 2 is 1.73 bits per heavy atom. The largest absolute Gasteiger partial charge is 0.450 e. The van der Waals surface area contributed by atoms with Crippen molar-refractivity contribution in [2.24, 2.45) is 0 Å². The van der Waals surface area contributed by atoms with Crippen molar-refractivity contribution in [1.82, 2.24) is 15.5 Å². The van der Waals surface area contributed by atoms with Gasteiger partial charge in [-0.05, 0) is 43.0 Å². The summed E-state index contributed by atoms with van der Waals surface area (Å²) in [7, 11) is 0. The molecule has 0 aliphatic carbocycles. The maximum absolute atomic E-state index is 13.5. The minimum absolute atomic E-state index is 0.0894. The third-order valence-corrected chi connectivity index (χ3v) is 5.07. The van der Waals surface area contributed by atoms with E-state index in [1.54, 1.807) is 37.3 Å². The number of carbonyl (C=O) groups is 4. The van der Waals surface area contributed by atoms with Crippen LogP contribution in [0.15, 0.2) is 48.5 Å². The van der Waals surface area contributed by atoms with Crippen molar-refractivity contribution in [3.05, 3.63) is 70.8 Å². The molecule has 8 nitrogen and oxygen atoms in total. The quantitative estimate of drug-likeness (QED) is 0.738. The average Bonchev–Trinajstić information content (AvgIpc) is 2.96. The number of hydrogen-bond donors (Lipinski definition) is 2. The topological polar surface area (TPSA) is 105 Å². The number of benzene rings is 2. The third kappa shape index (κ3) is 3.76. The van der Waals surface area contributed by atoms with Gasteiger partial charge in [0.2, 0.25) is 5.91 Å². The van der Waals surface area contributed by atoms with Crippen LogP contribution in [-0.2, 0) is 19.9 Å². The molecule has 1 aliphatic rings. The maximum Gasteiger partial charge on any atom is 0.413 e. The summed E-state index contributed by atoms with van der Waals surface area (Å²) >= 11 is 0. The number of alkyl carbamates (subject to hydrolysis) is 1. The second-order valence-electron chi connectivity index (χ2n) is 7.01. The molecular weight excluding hydrogens is 386 g/mol. The Morgan fingerprint density at radius 3 is 2.37 bits per heavy atom. The number of amides is 5. The van der Waals surface area contributed by atoms with Crippen LogP contribution in [0, 0.1) is 13.8 Å². The normalized spacial score (nSPS) is 18.2. The highest BCUT2D eigenvalue weighted by Gasteiger charge is 2.54. The van der Waals surface area contributed by atoms with Crippen LogP contribution in [-0.4, -0.2) is 42.0 Å². The lowest BCUT2D eigenvalue weighted by Gasteiger charge is -2.28. The molecule has 0 radical (unpaired) electrons. The molecule has 1 aliphatic heterocycles. The predicted octanol–water partition coefficient (Wildman–Crippen LogP) is 2.37. The fourth-order valence-corrected chi connectivity index (χ4v) is 3.40. The number of carbonyl (C=O) groups excluding carboxylic acids is 4. The van der Waals surface area contributed by atoms with Crippen molar-refractivity contribution in [3.63, 3.8) is 0 Å². The Morgan fingerprint density at radius 1 is 1.03 bits per heavy atom. The van der Waals surface area contributed by atoms with Gasteiger partial charge in [0.25, 0.3) is 5.91 Å². The molecule has 2 aromatic rings. The maximum atomic E-state index is 13.5. The molecule has 156 valence electrons. The monoisotopic (exact) mass is 409 g/mol. The lowest BCUT2D eigenvalue weighted by Crippen LogP contribution is -2.46. The fraction of sp³-hybridized carbons (Fsp3) is 0.273. The second kappa shape index (κ2) is 8.36. The molecule has 1 saturated heterocycles. The number of nitrogens with zero attached hydrogens (tertiary/aromatic N) is 1. The molecule has 5 amide bonds. The molecule has 0 spiro atoms. The van der Waals surface area contributed by atoms with Gasteiger partial charge >= 0.3 is 12.1 Å². The Balaban J connectivity index is 1.99. The minimum Gasteiger partial charge on any atom is -0.450 e. The molecule has 0 unspecified atom stereocenters. The average molecular weight is 409 g/mol. The molecule has 8 heteroatoms. The molecule has 1 fully saturated rings. The van der Waals surface area contributed by atoms with Gasteiger partial charge in [-0.2, -0.15) is 0 Å². The summed E-state index contributed by atoms with van der Waals surface area (Å²) in [6.45, 7) is 4.95. The highest BCUT2D eigenvalue weighted by atomic mass is 16.5. The first-order valence-corrected chi connectivity index (χ1v) is 9.53. The summed E-state index contributed by atoms with van der Waals surface area (Å²) in [5.74, 6) is -1.41. The SMILES string of the molecule is CCOC(=O)NC(=O)CN1C(=O)N[C@](c2ccccc2)(c2ccc(C)c(C)c2)C1=O. The zero-order chi connectivity index (χ0) is 21.9. The van der Waals surface area contributed by atoms with E-state index in [1.165, 1.54) is 0 Å². The number of rotatable bonds is 5. The van der Waals surface area contributed by atoms with E-state index in [9.17, 15) is 19.2 Å². The van der Waals surface area contributed by atoms with E-state index in [1.807, 2.05) is 37.4 Å². The van der Waals surface area contributed by atoms with Crippen LogP contribution < -0.4 is 10.6 Å². The van der Waals surface area contributed by atoms with Gasteiger partial charge in [-0.25, -0.2) is 9.59 Å². The summed E-state index contributed by atoms with van der Waals surface area (Å²) in [4.78, 5) is 50.7. The predicted molar refractivity (Wildman–Crippen MR) is 109 cm³/mol. The van der Waals surface area contributed by atoms with Gasteiger partial charge in [0.1, 0.15) is 6.54 Å². The zero-order valence-electron chi connectivity index (χ0n) is 17.0. The first kappa shape index (κ1) is 21.0. The van der Waals surface area contributed by atoms with E-state index in [4.69, 9.17) is 0 Å². The first-order chi connectivity index (χ1) is 14.3. The van der Waals surface area contributed by atoms with Gasteiger partial charge in [-0.3, -0.25) is 19.8 Å². The Hall–Kier alpha value is -3.68. The molecule has 2 aromatic carbocycles. The molecule has 3 rings (SSSR count). The van der Waals surface area contributed by atoms with Crippen LogP contribution in [0.25, 0.3) is 0 Å². The molecular formula is C22H23N3O5. The van der Waals surface area contributed by atoms with Crippen LogP contribution in [0.4, 0.5) is 9.59 Å². The second-order valence-corrected chi connectivity index (χ2v) is 7.01. The van der Waals surface area contributed by atoms with Gasteiger partial charge in [0.05, 0.1) is 6.61 Å². The summed E-state index contributed by atoms with van der Waals surface area (Å²) in [6.07, 6.45) is -0.932. The molecule has 30 heavy (non-hydrogen) atoms. The van der Waals surface area contributed by atoms with Crippen LogP contribution >= 0.6 is 0 Å². The van der Waals surface area contributed by atoms with E-state index in [0.29, 0.717) is 11.1 Å². The highest BCUT2D eigenvalue weighted by Crippen LogP contribution is 2.36. The number of hydrogen-bond acceptors (Lipinski definition) is 5. The van der Waals surface area contributed by atoms with Gasteiger partial charge in [-0.1, -0.05) is 48.5 Å². The number of urea groups is 1. The molecule has 1 atom stereocenters. The Bertz CT molecular complexity index is 1010. The molecule has 0 aromatic heterocycles. The van der Waals surface area contributed by atoms with E-state index >= 15 is 0 Å². The minimum atomic E-state index is -1.47. The molecule has 0 bridgehead atoms. The van der Waals surface area contributed by atoms with Gasteiger partial charge in [0, 0.05) is 0 Å². The van der Waals surface area contributed by atoms with Crippen LogP contribution in [0.2, 0.25) is 0 Å². The van der Waals surface area contributed by atoms with Gasteiger partial charge in [-0.15, -0.1) is 0 Å². The Kier molecular flexibility index (Phi) is 5.86. The lowest BCUT2D eigenvalue weighted by molar-refractivity contribution is -0.134. The number of nitrogens with one attached hydrogen (secondary N) is 2. The van der Waals surface area contributed by atoms with E-state index < -0.39 is 36.0 Å². The van der Waals surface area contributed by atoms with Crippen molar-refractivity contribution >= 4 is 23.9 Å². The zero-order valence-corrected chi connectivity index (χ0v) is 17.0. The standard InChI is InChI=1S/C22H23N3O5/c1-4-30-21(29)23-18(26)13-25-19(27)22(24-20(25)28,16-8-6-5-7-9-16)17-11-10-14(2)15(3)12-17/h5-12H,4,13H2,1-3H3,(H,24,28)(H,23,26,29)/t22-/m1/s1. The van der Waals surface area contributed by atoms with Gasteiger partial charge in [0.15, 0.2) is 5.54 Å². The molecule has 1 heterocycles. The van der Waals surface area contributed by atoms with Crippen molar-refractivity contribution in [2.75, 3.05) is 13.2 Å². The summed E-state index contributed by atoms with van der Waals surface area (Å²) in [5, 5.41) is 4.77. The summed E-state index contributed by atoms with van der Waals surface area (Å²) in [6, 6.07) is 13.6. The van der Waals surface area contributed by atoms with E-state index in [2.05, 4.69) is 10.1 Å². The fourth-order valence-electron chi connectivity index (χ4n) is 3.40. The van der Waals surface area contributed by atoms with Crippen LogP contribution in [0.3, 0.4) is 0 Å². The smallest absolute Gasteiger partial charge is 0.413 e. The molecule has 2 N–H and O–H groups in total. The number of ether oxygens (including phenoxy) is 1. The highest BCUT2D eigenvalue weighted by molar-refractivity contribution is 6.11. The third-order valence-electron chi connectivity index (χ3n) is 5.07. The van der Waals surface area contributed by atoms with E-state index in [-0.39, 0.29) is 6.61 Å². The number of aryl methyl sites for hydroxylation is 2.